The van der Waals surface area contributed by atoms with Gasteiger partial charge < -0.3 is 11.1 Å². The van der Waals surface area contributed by atoms with Crippen LogP contribution >= 0.6 is 0 Å². The van der Waals surface area contributed by atoms with Crippen LogP contribution in [-0.4, -0.2) is 16.5 Å². The summed E-state index contributed by atoms with van der Waals surface area (Å²) < 4.78 is 0. The maximum absolute atomic E-state index is 5.60. The number of aromatic nitrogens is 2. The van der Waals surface area contributed by atoms with E-state index in [9.17, 15) is 0 Å². The number of nitrogens with zero attached hydrogens (tertiary/aromatic N) is 2. The van der Waals surface area contributed by atoms with Crippen LogP contribution in [0.1, 0.15) is 17.0 Å². The third-order valence-electron chi connectivity index (χ3n) is 3.14. The number of rotatable bonds is 3. The number of benzene rings is 1. The van der Waals surface area contributed by atoms with E-state index in [1.54, 1.807) is 12.3 Å². The summed E-state index contributed by atoms with van der Waals surface area (Å²) in [6, 6.07) is 10.2. The van der Waals surface area contributed by atoms with Crippen molar-refractivity contribution in [1.82, 2.24) is 9.97 Å². The molecule has 3 rings (SSSR count). The topological polar surface area (TPSA) is 63.8 Å². The van der Waals surface area contributed by atoms with Crippen LogP contribution in [-0.2, 0) is 6.42 Å². The van der Waals surface area contributed by atoms with E-state index in [-0.39, 0.29) is 0 Å². The molecule has 1 aromatic heterocycles. The number of nitrogen functional groups attached to an aromatic ring is 1. The maximum Gasteiger partial charge on any atom is 0.224 e. The Kier molecular flexibility index (Phi) is 2.40. The third-order valence-corrected chi connectivity index (χ3v) is 3.14. The minimum atomic E-state index is 0.497. The molecule has 1 aliphatic rings. The standard InChI is InChI=1S/C13H14N4/c14-12-5-6-15-13(17-12)16-8-10-7-9-3-1-2-4-11(9)10/h1-6,10H,7-8H2,(H3,14,15,16,17). The zero-order valence-electron chi connectivity index (χ0n) is 9.43. The summed E-state index contributed by atoms with van der Waals surface area (Å²) >= 11 is 0. The number of hydrogen-bond donors (Lipinski definition) is 2. The molecule has 2 aromatic rings. The lowest BCUT2D eigenvalue weighted by Crippen LogP contribution is -2.24. The average Bonchev–Trinajstić information content (AvgIpc) is 2.30. The Labute approximate surface area is 99.9 Å². The van der Waals surface area contributed by atoms with Gasteiger partial charge in [-0.15, -0.1) is 0 Å². The van der Waals surface area contributed by atoms with Crippen LogP contribution in [0.2, 0.25) is 0 Å². The molecule has 1 unspecified atom stereocenters. The molecule has 86 valence electrons. The number of fused-ring (bicyclic) bond motifs is 1. The van der Waals surface area contributed by atoms with Gasteiger partial charge in [0, 0.05) is 18.7 Å². The summed E-state index contributed by atoms with van der Waals surface area (Å²) in [5.74, 6) is 1.67. The average molecular weight is 226 g/mol. The van der Waals surface area contributed by atoms with E-state index >= 15 is 0 Å². The molecule has 0 saturated carbocycles. The molecule has 1 aromatic carbocycles. The second-order valence-electron chi connectivity index (χ2n) is 4.29. The predicted molar refractivity (Wildman–Crippen MR) is 67.8 cm³/mol. The van der Waals surface area contributed by atoms with Gasteiger partial charge in [-0.3, -0.25) is 0 Å². The smallest absolute Gasteiger partial charge is 0.224 e. The zero-order valence-corrected chi connectivity index (χ0v) is 9.43. The van der Waals surface area contributed by atoms with Gasteiger partial charge in [-0.2, -0.15) is 4.98 Å². The Hall–Kier alpha value is -2.10. The van der Waals surface area contributed by atoms with Crippen molar-refractivity contribution in [3.05, 3.63) is 47.7 Å². The summed E-state index contributed by atoms with van der Waals surface area (Å²) in [5, 5.41) is 3.23. The van der Waals surface area contributed by atoms with Crippen LogP contribution in [0.15, 0.2) is 36.5 Å². The molecule has 0 amide bonds. The number of nitrogens with two attached hydrogens (primary N) is 1. The zero-order chi connectivity index (χ0) is 11.7. The highest BCUT2D eigenvalue weighted by Gasteiger charge is 2.24. The molecule has 4 nitrogen and oxygen atoms in total. The van der Waals surface area contributed by atoms with E-state index in [4.69, 9.17) is 5.73 Å². The lowest BCUT2D eigenvalue weighted by molar-refractivity contribution is 0.633. The lowest BCUT2D eigenvalue weighted by Gasteiger charge is -2.30. The van der Waals surface area contributed by atoms with Crippen molar-refractivity contribution in [3.63, 3.8) is 0 Å². The van der Waals surface area contributed by atoms with Crippen molar-refractivity contribution < 1.29 is 0 Å². The van der Waals surface area contributed by atoms with Crippen LogP contribution in [0, 0.1) is 0 Å². The van der Waals surface area contributed by atoms with Gasteiger partial charge >= 0.3 is 0 Å². The maximum atomic E-state index is 5.60. The molecule has 4 heteroatoms. The van der Waals surface area contributed by atoms with Gasteiger partial charge in [0.15, 0.2) is 0 Å². The predicted octanol–water partition coefficient (Wildman–Crippen LogP) is 1.81. The lowest BCUT2D eigenvalue weighted by atomic mass is 9.78. The van der Waals surface area contributed by atoms with Crippen molar-refractivity contribution >= 4 is 11.8 Å². The molecule has 1 heterocycles. The summed E-state index contributed by atoms with van der Waals surface area (Å²) in [5.41, 5.74) is 8.48. The quantitative estimate of drug-likeness (QED) is 0.837. The van der Waals surface area contributed by atoms with E-state index < -0.39 is 0 Å². The Morgan fingerprint density at radius 2 is 2.18 bits per heavy atom. The first-order valence-corrected chi connectivity index (χ1v) is 5.73. The molecule has 0 spiro atoms. The molecular formula is C13H14N4. The summed E-state index contributed by atoms with van der Waals surface area (Å²) in [7, 11) is 0. The van der Waals surface area contributed by atoms with Crippen LogP contribution in [0.4, 0.5) is 11.8 Å². The molecule has 0 saturated heterocycles. The van der Waals surface area contributed by atoms with Gasteiger partial charge in [-0.1, -0.05) is 24.3 Å². The minimum Gasteiger partial charge on any atom is -0.384 e. The number of hydrogen-bond acceptors (Lipinski definition) is 4. The van der Waals surface area contributed by atoms with Crippen LogP contribution in [0.25, 0.3) is 0 Å². The Balaban J connectivity index is 1.64. The Morgan fingerprint density at radius 1 is 1.29 bits per heavy atom. The van der Waals surface area contributed by atoms with Gasteiger partial charge in [0.1, 0.15) is 5.82 Å². The highest BCUT2D eigenvalue weighted by molar-refractivity contribution is 5.42. The van der Waals surface area contributed by atoms with Gasteiger partial charge in [0.25, 0.3) is 0 Å². The van der Waals surface area contributed by atoms with Gasteiger partial charge in [-0.25, -0.2) is 4.98 Å². The molecule has 1 atom stereocenters. The molecule has 0 radical (unpaired) electrons. The molecule has 17 heavy (non-hydrogen) atoms. The largest absolute Gasteiger partial charge is 0.384 e. The fourth-order valence-corrected chi connectivity index (χ4v) is 2.22. The fraction of sp³-hybridized carbons (Fsp3) is 0.231. The van der Waals surface area contributed by atoms with Gasteiger partial charge in [0.2, 0.25) is 5.95 Å². The number of anilines is 2. The molecular weight excluding hydrogens is 212 g/mol. The second kappa shape index (κ2) is 4.05. The van der Waals surface area contributed by atoms with Crippen LogP contribution < -0.4 is 11.1 Å². The SMILES string of the molecule is Nc1ccnc(NCC2Cc3ccccc32)n1. The first kappa shape index (κ1) is 10.1. The number of nitrogens with one attached hydrogen (secondary N) is 1. The first-order chi connectivity index (χ1) is 8.33. The summed E-state index contributed by atoms with van der Waals surface area (Å²) in [6.45, 7) is 0.862. The molecule has 0 bridgehead atoms. The summed E-state index contributed by atoms with van der Waals surface area (Å²) in [4.78, 5) is 8.24. The third kappa shape index (κ3) is 1.93. The van der Waals surface area contributed by atoms with Crippen LogP contribution in [0.5, 0.6) is 0 Å². The van der Waals surface area contributed by atoms with E-state index in [2.05, 4.69) is 39.6 Å². The van der Waals surface area contributed by atoms with Gasteiger partial charge in [0.05, 0.1) is 0 Å². The second-order valence-corrected chi connectivity index (χ2v) is 4.29. The van der Waals surface area contributed by atoms with E-state index in [0.717, 1.165) is 13.0 Å². The van der Waals surface area contributed by atoms with E-state index in [1.807, 2.05) is 0 Å². The van der Waals surface area contributed by atoms with Crippen molar-refractivity contribution in [2.45, 2.75) is 12.3 Å². The Bertz CT molecular complexity index is 538. The van der Waals surface area contributed by atoms with Crippen molar-refractivity contribution in [1.29, 1.82) is 0 Å². The van der Waals surface area contributed by atoms with Crippen molar-refractivity contribution in [2.24, 2.45) is 0 Å². The van der Waals surface area contributed by atoms with Gasteiger partial charge in [-0.05, 0) is 23.6 Å². The molecule has 0 fully saturated rings. The molecule has 1 aliphatic carbocycles. The molecule has 0 aliphatic heterocycles. The highest BCUT2D eigenvalue weighted by atomic mass is 15.1. The fourth-order valence-electron chi connectivity index (χ4n) is 2.22. The monoisotopic (exact) mass is 226 g/mol. The van der Waals surface area contributed by atoms with E-state index in [1.165, 1.54) is 11.1 Å². The normalized spacial score (nSPS) is 17.1. The Morgan fingerprint density at radius 3 is 3.00 bits per heavy atom. The highest BCUT2D eigenvalue weighted by Crippen LogP contribution is 2.34. The van der Waals surface area contributed by atoms with Crippen LogP contribution in [0.3, 0.4) is 0 Å². The molecule has 3 N–H and O–H groups in total. The van der Waals surface area contributed by atoms with Crippen molar-refractivity contribution in [3.8, 4) is 0 Å². The first-order valence-electron chi connectivity index (χ1n) is 5.73. The summed E-state index contributed by atoms with van der Waals surface area (Å²) in [6.07, 6.45) is 2.80. The van der Waals surface area contributed by atoms with Crippen molar-refractivity contribution in [2.75, 3.05) is 17.6 Å². The van der Waals surface area contributed by atoms with E-state index in [0.29, 0.717) is 17.7 Å². The minimum absolute atomic E-state index is 0.497.